The van der Waals surface area contributed by atoms with Crippen LogP contribution < -0.4 is 5.73 Å². The largest absolute Gasteiger partial charge is 0.397 e. The Kier molecular flexibility index (Phi) is 3.51. The molecule has 2 aromatic rings. The van der Waals surface area contributed by atoms with Gasteiger partial charge in [0.05, 0.1) is 5.69 Å². The highest BCUT2D eigenvalue weighted by atomic mass is 16.1. The third kappa shape index (κ3) is 2.16. The maximum Gasteiger partial charge on any atom is 0.211 e. The third-order valence-corrected chi connectivity index (χ3v) is 3.03. The van der Waals surface area contributed by atoms with Crippen molar-refractivity contribution >= 4 is 11.5 Å². The van der Waals surface area contributed by atoms with Crippen LogP contribution in [-0.4, -0.2) is 10.4 Å². The van der Waals surface area contributed by atoms with E-state index in [2.05, 4.69) is 6.92 Å². The Morgan fingerprint density at radius 2 is 1.94 bits per heavy atom. The summed E-state index contributed by atoms with van der Waals surface area (Å²) in [4.78, 5) is 12.5. The molecule has 94 valence electrons. The van der Waals surface area contributed by atoms with Gasteiger partial charge in [0.1, 0.15) is 5.69 Å². The number of benzene rings is 1. The summed E-state index contributed by atoms with van der Waals surface area (Å²) in [5.74, 6) is -0.00495. The molecule has 3 heteroatoms. The molecule has 0 aliphatic heterocycles. The van der Waals surface area contributed by atoms with Gasteiger partial charge in [0.25, 0.3) is 0 Å². The SMILES string of the molecule is CCCn1c(C)cc(N)c1C(=O)c1ccccc1. The van der Waals surface area contributed by atoms with Crippen LogP contribution in [0.5, 0.6) is 0 Å². The summed E-state index contributed by atoms with van der Waals surface area (Å²) >= 11 is 0. The van der Waals surface area contributed by atoms with E-state index in [1.165, 1.54) is 0 Å². The molecule has 0 amide bonds. The molecule has 0 atom stereocenters. The molecule has 0 saturated carbocycles. The molecule has 3 nitrogen and oxygen atoms in total. The fourth-order valence-corrected chi connectivity index (χ4v) is 2.20. The normalized spacial score (nSPS) is 10.6. The second kappa shape index (κ2) is 5.08. The number of hydrogen-bond acceptors (Lipinski definition) is 2. The highest BCUT2D eigenvalue weighted by Gasteiger charge is 2.18. The van der Waals surface area contributed by atoms with Crippen molar-refractivity contribution in [3.05, 3.63) is 53.3 Å². The van der Waals surface area contributed by atoms with Crippen molar-refractivity contribution in [3.8, 4) is 0 Å². The van der Waals surface area contributed by atoms with Gasteiger partial charge in [0, 0.05) is 17.8 Å². The highest BCUT2D eigenvalue weighted by molar-refractivity contribution is 6.11. The van der Waals surface area contributed by atoms with Crippen LogP contribution in [0.2, 0.25) is 0 Å². The van der Waals surface area contributed by atoms with Gasteiger partial charge < -0.3 is 10.3 Å². The van der Waals surface area contributed by atoms with Gasteiger partial charge in [-0.3, -0.25) is 4.79 Å². The van der Waals surface area contributed by atoms with Crippen molar-refractivity contribution in [1.82, 2.24) is 4.57 Å². The minimum Gasteiger partial charge on any atom is -0.397 e. The summed E-state index contributed by atoms with van der Waals surface area (Å²) in [6, 6.07) is 11.1. The fourth-order valence-electron chi connectivity index (χ4n) is 2.20. The maximum atomic E-state index is 12.5. The first-order chi connectivity index (χ1) is 8.65. The van der Waals surface area contributed by atoms with Crippen LogP contribution in [0, 0.1) is 6.92 Å². The maximum absolute atomic E-state index is 12.5. The summed E-state index contributed by atoms with van der Waals surface area (Å²) in [7, 11) is 0. The first-order valence-electron chi connectivity index (χ1n) is 6.20. The van der Waals surface area contributed by atoms with Crippen LogP contribution in [0.25, 0.3) is 0 Å². The molecule has 2 rings (SSSR count). The fraction of sp³-hybridized carbons (Fsp3) is 0.267. The lowest BCUT2D eigenvalue weighted by Crippen LogP contribution is -2.13. The van der Waals surface area contributed by atoms with E-state index in [1.54, 1.807) is 0 Å². The predicted molar refractivity (Wildman–Crippen MR) is 73.7 cm³/mol. The first-order valence-corrected chi connectivity index (χ1v) is 6.20. The van der Waals surface area contributed by atoms with E-state index in [0.717, 1.165) is 18.7 Å². The Bertz CT molecular complexity index is 555. The summed E-state index contributed by atoms with van der Waals surface area (Å²) in [6.45, 7) is 4.89. The standard InChI is InChI=1S/C15H18N2O/c1-3-9-17-11(2)10-13(16)14(17)15(18)12-7-5-4-6-8-12/h4-8,10H,3,9,16H2,1-2H3. The van der Waals surface area contributed by atoms with Crippen LogP contribution in [0.1, 0.15) is 35.1 Å². The second-order valence-corrected chi connectivity index (χ2v) is 4.44. The molecular formula is C15H18N2O. The molecule has 1 aromatic carbocycles. The molecule has 18 heavy (non-hydrogen) atoms. The van der Waals surface area contributed by atoms with Crippen molar-refractivity contribution < 1.29 is 4.79 Å². The van der Waals surface area contributed by atoms with Crippen LogP contribution in [0.15, 0.2) is 36.4 Å². The quantitative estimate of drug-likeness (QED) is 0.838. The van der Waals surface area contributed by atoms with Gasteiger partial charge in [-0.1, -0.05) is 37.3 Å². The average molecular weight is 242 g/mol. The third-order valence-electron chi connectivity index (χ3n) is 3.03. The molecule has 0 aliphatic rings. The minimum absolute atomic E-state index is 0.00495. The van der Waals surface area contributed by atoms with Gasteiger partial charge in [-0.25, -0.2) is 0 Å². The smallest absolute Gasteiger partial charge is 0.211 e. The van der Waals surface area contributed by atoms with E-state index in [-0.39, 0.29) is 5.78 Å². The van der Waals surface area contributed by atoms with Gasteiger partial charge in [-0.15, -0.1) is 0 Å². The number of rotatable bonds is 4. The molecule has 0 aliphatic carbocycles. The van der Waals surface area contributed by atoms with Gasteiger partial charge >= 0.3 is 0 Å². The zero-order chi connectivity index (χ0) is 13.1. The summed E-state index contributed by atoms with van der Waals surface area (Å²) in [5.41, 5.74) is 8.86. The molecule has 0 bridgehead atoms. The van der Waals surface area contributed by atoms with E-state index < -0.39 is 0 Å². The number of hydrogen-bond donors (Lipinski definition) is 1. The number of aromatic nitrogens is 1. The van der Waals surface area contributed by atoms with Crippen molar-refractivity contribution in [2.45, 2.75) is 26.8 Å². The van der Waals surface area contributed by atoms with Crippen molar-refractivity contribution in [2.75, 3.05) is 5.73 Å². The van der Waals surface area contributed by atoms with Gasteiger partial charge in [0.2, 0.25) is 5.78 Å². The number of anilines is 1. The molecule has 0 radical (unpaired) electrons. The molecule has 0 fully saturated rings. The van der Waals surface area contributed by atoms with E-state index in [9.17, 15) is 4.79 Å². The van der Waals surface area contributed by atoms with Gasteiger partial charge in [-0.05, 0) is 19.4 Å². The number of nitrogens with zero attached hydrogens (tertiary/aromatic N) is 1. The van der Waals surface area contributed by atoms with Crippen LogP contribution >= 0.6 is 0 Å². The van der Waals surface area contributed by atoms with Gasteiger partial charge in [0.15, 0.2) is 0 Å². The monoisotopic (exact) mass is 242 g/mol. The lowest BCUT2D eigenvalue weighted by atomic mass is 10.1. The lowest BCUT2D eigenvalue weighted by molar-refractivity contribution is 0.103. The molecular weight excluding hydrogens is 224 g/mol. The minimum atomic E-state index is -0.00495. The second-order valence-electron chi connectivity index (χ2n) is 4.44. The molecule has 1 aromatic heterocycles. The first kappa shape index (κ1) is 12.4. The number of nitrogen functional groups attached to an aromatic ring is 1. The topological polar surface area (TPSA) is 48.0 Å². The molecule has 0 unspecified atom stereocenters. The Morgan fingerprint density at radius 1 is 1.28 bits per heavy atom. The number of aryl methyl sites for hydroxylation is 1. The lowest BCUT2D eigenvalue weighted by Gasteiger charge is -2.10. The molecule has 2 N–H and O–H groups in total. The van der Waals surface area contributed by atoms with Crippen LogP contribution in [0.4, 0.5) is 5.69 Å². The Morgan fingerprint density at radius 3 is 2.56 bits per heavy atom. The number of nitrogens with two attached hydrogens (primary N) is 1. The summed E-state index contributed by atoms with van der Waals surface area (Å²) < 4.78 is 2.00. The molecule has 0 spiro atoms. The zero-order valence-corrected chi connectivity index (χ0v) is 10.8. The number of ketones is 1. The summed E-state index contributed by atoms with van der Waals surface area (Å²) in [5, 5.41) is 0. The Hall–Kier alpha value is -2.03. The van der Waals surface area contributed by atoms with Crippen LogP contribution in [-0.2, 0) is 6.54 Å². The number of carbonyl (C=O) groups excluding carboxylic acids is 1. The van der Waals surface area contributed by atoms with E-state index >= 15 is 0 Å². The van der Waals surface area contributed by atoms with Crippen molar-refractivity contribution in [2.24, 2.45) is 0 Å². The molecule has 1 heterocycles. The summed E-state index contributed by atoms with van der Waals surface area (Å²) in [6.07, 6.45) is 0.976. The van der Waals surface area contributed by atoms with E-state index in [4.69, 9.17) is 5.73 Å². The average Bonchev–Trinajstić information content (AvgIpc) is 2.65. The Balaban J connectivity index is 2.48. The Labute approximate surface area is 107 Å². The predicted octanol–water partition coefficient (Wildman–Crippen LogP) is 3.02. The van der Waals surface area contributed by atoms with Crippen LogP contribution in [0.3, 0.4) is 0 Å². The van der Waals surface area contributed by atoms with Gasteiger partial charge in [-0.2, -0.15) is 0 Å². The van der Waals surface area contributed by atoms with E-state index in [1.807, 2.05) is 47.9 Å². The zero-order valence-electron chi connectivity index (χ0n) is 10.8. The van der Waals surface area contributed by atoms with E-state index in [0.29, 0.717) is 16.9 Å². The number of carbonyl (C=O) groups is 1. The highest BCUT2D eigenvalue weighted by Crippen LogP contribution is 2.22. The van der Waals surface area contributed by atoms with Crippen molar-refractivity contribution in [1.29, 1.82) is 0 Å². The van der Waals surface area contributed by atoms with Crippen molar-refractivity contribution in [3.63, 3.8) is 0 Å². The molecule has 0 saturated heterocycles.